The van der Waals surface area contributed by atoms with Crippen LogP contribution in [0.4, 0.5) is 0 Å². The van der Waals surface area contributed by atoms with Crippen molar-refractivity contribution in [1.82, 2.24) is 5.32 Å². The van der Waals surface area contributed by atoms with Gasteiger partial charge in [-0.1, -0.05) is 43.8 Å². The first kappa shape index (κ1) is 22.4. The highest BCUT2D eigenvalue weighted by Crippen LogP contribution is 2.18. The minimum absolute atomic E-state index is 0.0129. The molecule has 0 spiro atoms. The number of carbonyl (C=O) groups is 3. The van der Waals surface area contributed by atoms with Crippen molar-refractivity contribution in [3.63, 3.8) is 0 Å². The number of carbonyl (C=O) groups excluding carboxylic acids is 2. The van der Waals surface area contributed by atoms with E-state index in [9.17, 15) is 14.4 Å². The zero-order chi connectivity index (χ0) is 20.4. The molecular weight excluding hydrogens is 346 g/mol. The number of rotatable bonds is 11. The molecule has 1 amide bonds. The number of aliphatic carboxylic acids is 1. The van der Waals surface area contributed by atoms with Crippen molar-refractivity contribution in [2.75, 3.05) is 6.54 Å². The minimum Gasteiger partial charge on any atom is -0.478 e. The van der Waals surface area contributed by atoms with Gasteiger partial charge in [0, 0.05) is 18.5 Å². The summed E-state index contributed by atoms with van der Waals surface area (Å²) >= 11 is 0. The number of amides is 1. The predicted octanol–water partition coefficient (Wildman–Crippen LogP) is 3.29. The third-order valence-electron chi connectivity index (χ3n) is 4.12. The zero-order valence-corrected chi connectivity index (χ0v) is 16.2. The Morgan fingerprint density at radius 1 is 1.15 bits per heavy atom. The summed E-state index contributed by atoms with van der Waals surface area (Å²) in [5, 5.41) is 11.6. The van der Waals surface area contributed by atoms with Gasteiger partial charge in [-0.3, -0.25) is 9.59 Å². The molecule has 0 radical (unpaired) electrons. The molecule has 1 rings (SSSR count). The summed E-state index contributed by atoms with van der Waals surface area (Å²) in [6.45, 7) is 9.10. The fourth-order valence-corrected chi connectivity index (χ4v) is 2.57. The van der Waals surface area contributed by atoms with Crippen molar-refractivity contribution < 1.29 is 24.2 Å². The number of benzene rings is 1. The quantitative estimate of drug-likeness (QED) is 0.457. The normalized spacial score (nSPS) is 12.9. The minimum atomic E-state index is -1.01. The number of nitrogens with one attached hydrogen (secondary N) is 1. The van der Waals surface area contributed by atoms with Crippen molar-refractivity contribution in [3.8, 4) is 0 Å². The highest BCUT2D eigenvalue weighted by atomic mass is 16.5. The second-order valence-corrected chi connectivity index (χ2v) is 7.01. The van der Waals surface area contributed by atoms with E-state index in [1.807, 2.05) is 37.3 Å². The molecule has 2 unspecified atom stereocenters. The van der Waals surface area contributed by atoms with Gasteiger partial charge in [-0.25, -0.2) is 4.79 Å². The van der Waals surface area contributed by atoms with Gasteiger partial charge in [-0.2, -0.15) is 0 Å². The monoisotopic (exact) mass is 375 g/mol. The van der Waals surface area contributed by atoms with Gasteiger partial charge in [-0.15, -0.1) is 0 Å². The van der Waals surface area contributed by atoms with Crippen molar-refractivity contribution in [2.24, 2.45) is 5.92 Å². The lowest BCUT2D eigenvalue weighted by molar-refractivity contribution is -0.149. The molecule has 6 nitrogen and oxygen atoms in total. The van der Waals surface area contributed by atoms with Crippen LogP contribution in [0.5, 0.6) is 0 Å². The highest BCUT2D eigenvalue weighted by Gasteiger charge is 2.24. The van der Waals surface area contributed by atoms with Crippen LogP contribution in [0, 0.1) is 5.92 Å². The third-order valence-corrected chi connectivity index (χ3v) is 4.12. The van der Waals surface area contributed by atoms with E-state index in [4.69, 9.17) is 9.84 Å². The standard InChI is InChI=1S/C21H29NO5/c1-14(2)27-21(26)18(17-8-6-5-7-9-17)13-22-19(23)12-15(3)10-11-16(4)20(24)25/h5-9,14-15,18H,4,10-13H2,1-3H3,(H,22,23)(H,24,25). The van der Waals surface area contributed by atoms with Crippen LogP contribution in [-0.2, 0) is 19.1 Å². The van der Waals surface area contributed by atoms with Gasteiger partial charge in [0.05, 0.1) is 12.0 Å². The van der Waals surface area contributed by atoms with Crippen LogP contribution in [0.15, 0.2) is 42.5 Å². The summed E-state index contributed by atoms with van der Waals surface area (Å²) in [5.41, 5.74) is 0.928. The Kier molecular flexibility index (Phi) is 9.26. The average Bonchev–Trinajstić information content (AvgIpc) is 2.60. The summed E-state index contributed by atoms with van der Waals surface area (Å²) in [6, 6.07) is 9.20. The maximum Gasteiger partial charge on any atom is 0.330 e. The number of hydrogen-bond acceptors (Lipinski definition) is 4. The maximum atomic E-state index is 12.4. The zero-order valence-electron chi connectivity index (χ0n) is 16.2. The lowest BCUT2D eigenvalue weighted by atomic mass is 9.97. The molecule has 0 heterocycles. The average molecular weight is 375 g/mol. The Bertz CT molecular complexity index is 654. The van der Waals surface area contributed by atoms with E-state index < -0.39 is 11.9 Å². The number of esters is 1. The number of carboxylic acid groups (broad SMARTS) is 1. The fourth-order valence-electron chi connectivity index (χ4n) is 2.57. The van der Waals surface area contributed by atoms with E-state index in [-0.39, 0.29) is 42.4 Å². The first-order chi connectivity index (χ1) is 12.7. The molecule has 0 aliphatic rings. The van der Waals surface area contributed by atoms with Crippen molar-refractivity contribution in [3.05, 3.63) is 48.0 Å². The predicted molar refractivity (Wildman–Crippen MR) is 103 cm³/mol. The lowest BCUT2D eigenvalue weighted by Crippen LogP contribution is -2.34. The van der Waals surface area contributed by atoms with Gasteiger partial charge in [-0.05, 0) is 38.2 Å². The van der Waals surface area contributed by atoms with E-state index in [0.29, 0.717) is 12.8 Å². The van der Waals surface area contributed by atoms with E-state index in [1.54, 1.807) is 13.8 Å². The molecule has 0 aromatic heterocycles. The first-order valence-electron chi connectivity index (χ1n) is 9.13. The number of hydrogen-bond donors (Lipinski definition) is 2. The van der Waals surface area contributed by atoms with Gasteiger partial charge >= 0.3 is 11.9 Å². The van der Waals surface area contributed by atoms with Crippen LogP contribution in [0.3, 0.4) is 0 Å². The van der Waals surface area contributed by atoms with Crippen LogP contribution >= 0.6 is 0 Å². The molecule has 0 fully saturated rings. The first-order valence-corrected chi connectivity index (χ1v) is 9.13. The molecule has 27 heavy (non-hydrogen) atoms. The lowest BCUT2D eigenvalue weighted by Gasteiger charge is -2.19. The molecule has 0 saturated carbocycles. The molecular formula is C21H29NO5. The van der Waals surface area contributed by atoms with Crippen LogP contribution < -0.4 is 5.32 Å². The Balaban J connectivity index is 2.59. The molecule has 0 saturated heterocycles. The third kappa shape index (κ3) is 8.53. The number of carboxylic acids is 1. The Morgan fingerprint density at radius 2 is 1.78 bits per heavy atom. The summed E-state index contributed by atoms with van der Waals surface area (Å²) in [4.78, 5) is 35.4. The van der Waals surface area contributed by atoms with Crippen molar-refractivity contribution >= 4 is 17.8 Å². The smallest absolute Gasteiger partial charge is 0.330 e. The van der Waals surface area contributed by atoms with Crippen LogP contribution in [0.2, 0.25) is 0 Å². The summed E-state index contributed by atoms with van der Waals surface area (Å²) in [5.74, 6) is -2.12. The fraction of sp³-hybridized carbons (Fsp3) is 0.476. The van der Waals surface area contributed by atoms with Crippen LogP contribution in [0.1, 0.15) is 51.5 Å². The second kappa shape index (κ2) is 11.2. The molecule has 1 aromatic rings. The van der Waals surface area contributed by atoms with Gasteiger partial charge in [0.2, 0.25) is 5.91 Å². The molecule has 148 valence electrons. The van der Waals surface area contributed by atoms with Crippen molar-refractivity contribution in [1.29, 1.82) is 0 Å². The van der Waals surface area contributed by atoms with Gasteiger partial charge in [0.1, 0.15) is 0 Å². The van der Waals surface area contributed by atoms with E-state index in [1.165, 1.54) is 0 Å². The summed E-state index contributed by atoms with van der Waals surface area (Å²) in [7, 11) is 0. The number of ether oxygens (including phenoxy) is 1. The van der Waals surface area contributed by atoms with Crippen molar-refractivity contribution in [2.45, 2.75) is 52.1 Å². The van der Waals surface area contributed by atoms with Gasteiger partial charge in [0.25, 0.3) is 0 Å². The maximum absolute atomic E-state index is 12.4. The second-order valence-electron chi connectivity index (χ2n) is 7.01. The van der Waals surface area contributed by atoms with Gasteiger partial charge in [0.15, 0.2) is 0 Å². The summed E-state index contributed by atoms with van der Waals surface area (Å²) < 4.78 is 5.31. The highest BCUT2D eigenvalue weighted by molar-refractivity contribution is 5.85. The molecule has 1 aromatic carbocycles. The summed E-state index contributed by atoms with van der Waals surface area (Å²) in [6.07, 6.45) is 0.933. The van der Waals surface area contributed by atoms with E-state index in [2.05, 4.69) is 11.9 Å². The van der Waals surface area contributed by atoms with Crippen LogP contribution in [-0.4, -0.2) is 35.6 Å². The molecule has 6 heteroatoms. The van der Waals surface area contributed by atoms with E-state index in [0.717, 1.165) is 5.56 Å². The Morgan fingerprint density at radius 3 is 2.33 bits per heavy atom. The molecule has 0 bridgehead atoms. The molecule has 2 atom stereocenters. The SMILES string of the molecule is C=C(CCC(C)CC(=O)NCC(C(=O)OC(C)C)c1ccccc1)C(=O)O. The van der Waals surface area contributed by atoms with Crippen LogP contribution in [0.25, 0.3) is 0 Å². The topological polar surface area (TPSA) is 92.7 Å². The van der Waals surface area contributed by atoms with E-state index >= 15 is 0 Å². The molecule has 0 aliphatic carbocycles. The Hall–Kier alpha value is -2.63. The molecule has 0 aliphatic heterocycles. The van der Waals surface area contributed by atoms with Gasteiger partial charge < -0.3 is 15.2 Å². The largest absolute Gasteiger partial charge is 0.478 e. The molecule has 2 N–H and O–H groups in total. The Labute approximate surface area is 160 Å².